The van der Waals surface area contributed by atoms with Gasteiger partial charge in [0.2, 0.25) is 0 Å². The second kappa shape index (κ2) is 5.64. The molecule has 2 aliphatic heterocycles. The molecule has 0 radical (unpaired) electrons. The molecule has 1 atom stereocenters. The lowest BCUT2D eigenvalue weighted by Crippen LogP contribution is -2.54. The summed E-state index contributed by atoms with van der Waals surface area (Å²) in [7, 11) is 0. The molecule has 2 fully saturated rings. The molecule has 1 amide bonds. The van der Waals surface area contributed by atoms with E-state index < -0.39 is 0 Å². The predicted octanol–water partition coefficient (Wildman–Crippen LogP) is 2.72. The topological polar surface area (TPSA) is 47.4 Å². The summed E-state index contributed by atoms with van der Waals surface area (Å²) in [6.07, 6.45) is 1.66. The molecular formula is C18H23N3O2. The first-order valence-electron chi connectivity index (χ1n) is 8.52. The number of nitrogens with zero attached hydrogens (tertiary/aromatic N) is 3. The number of carbonyl (C=O) groups excluding carboxylic acids is 1. The molecule has 1 unspecified atom stereocenters. The maximum Gasteiger partial charge on any atom is 0.251 e. The van der Waals surface area contributed by atoms with E-state index in [9.17, 15) is 4.79 Å². The summed E-state index contributed by atoms with van der Waals surface area (Å²) in [6, 6.07) is 8.59. The molecule has 0 aliphatic carbocycles. The first-order chi connectivity index (χ1) is 11.1. The fourth-order valence-corrected chi connectivity index (χ4v) is 3.63. The Morgan fingerprint density at radius 3 is 2.78 bits per heavy atom. The maximum absolute atomic E-state index is 12.4. The lowest BCUT2D eigenvalue weighted by Gasteiger charge is -2.42. The zero-order valence-corrected chi connectivity index (χ0v) is 13.7. The van der Waals surface area contributed by atoms with Gasteiger partial charge in [0.15, 0.2) is 0 Å². The quantitative estimate of drug-likeness (QED) is 0.875. The first-order valence-corrected chi connectivity index (χ1v) is 8.52. The smallest absolute Gasteiger partial charge is 0.251 e. The number of rotatable bonds is 3. The lowest BCUT2D eigenvalue weighted by atomic mass is 10.0. The number of likely N-dealkylation sites (tertiary alicyclic amines) is 1. The summed E-state index contributed by atoms with van der Waals surface area (Å²) in [5.41, 5.74) is 2.21. The highest BCUT2D eigenvalue weighted by molar-refractivity contribution is 5.82. The minimum absolute atomic E-state index is 0.161. The van der Waals surface area contributed by atoms with Crippen LogP contribution in [0.25, 0.3) is 11.0 Å². The Bertz CT molecular complexity index is 725. The molecule has 2 aromatic rings. The number of fused-ring (bicyclic) bond motifs is 1. The second-order valence-corrected chi connectivity index (χ2v) is 6.88. The van der Waals surface area contributed by atoms with E-state index in [-0.39, 0.29) is 12.0 Å². The molecule has 2 saturated heterocycles. The third-order valence-electron chi connectivity index (χ3n) is 4.88. The predicted molar refractivity (Wildman–Crippen MR) is 88.4 cm³/mol. The molecule has 0 N–H and O–H groups in total. The highest BCUT2D eigenvalue weighted by Crippen LogP contribution is 2.32. The van der Waals surface area contributed by atoms with Gasteiger partial charge in [0.25, 0.3) is 5.91 Å². The minimum Gasteiger partial charge on any atom is -0.368 e. The Kier molecular flexibility index (Phi) is 3.60. The van der Waals surface area contributed by atoms with E-state index in [4.69, 9.17) is 9.72 Å². The van der Waals surface area contributed by atoms with Crippen LogP contribution in [0.3, 0.4) is 0 Å². The monoisotopic (exact) mass is 313 g/mol. The average Bonchev–Trinajstić information content (AvgIpc) is 3.13. The highest BCUT2D eigenvalue weighted by Gasteiger charge is 2.38. The van der Waals surface area contributed by atoms with Crippen LogP contribution in [0, 0.1) is 0 Å². The molecule has 1 aromatic heterocycles. The number of hydrogen-bond donors (Lipinski definition) is 0. The van der Waals surface area contributed by atoms with Crippen LogP contribution in [0.2, 0.25) is 0 Å². The molecule has 5 nitrogen and oxygen atoms in total. The van der Waals surface area contributed by atoms with Gasteiger partial charge in [-0.2, -0.15) is 0 Å². The van der Waals surface area contributed by atoms with Gasteiger partial charge in [0.1, 0.15) is 11.9 Å². The van der Waals surface area contributed by atoms with Crippen molar-refractivity contribution >= 4 is 16.9 Å². The van der Waals surface area contributed by atoms with Gasteiger partial charge in [-0.15, -0.1) is 0 Å². The van der Waals surface area contributed by atoms with E-state index in [1.54, 1.807) is 0 Å². The van der Waals surface area contributed by atoms with Crippen molar-refractivity contribution in [1.29, 1.82) is 0 Å². The van der Waals surface area contributed by atoms with E-state index in [0.717, 1.165) is 43.9 Å². The van der Waals surface area contributed by atoms with Crippen LogP contribution >= 0.6 is 0 Å². The van der Waals surface area contributed by atoms with Crippen LogP contribution in [0.1, 0.15) is 44.5 Å². The van der Waals surface area contributed by atoms with Crippen molar-refractivity contribution in [3.8, 4) is 0 Å². The van der Waals surface area contributed by atoms with Crippen LogP contribution in [0.15, 0.2) is 24.3 Å². The van der Waals surface area contributed by atoms with Gasteiger partial charge in [0.05, 0.1) is 17.1 Å². The van der Waals surface area contributed by atoms with Crippen molar-refractivity contribution in [2.45, 2.75) is 44.8 Å². The maximum atomic E-state index is 12.4. The van der Waals surface area contributed by atoms with Crippen LogP contribution in [0.5, 0.6) is 0 Å². The molecule has 0 spiro atoms. The van der Waals surface area contributed by atoms with Crippen molar-refractivity contribution in [2.24, 2.45) is 0 Å². The summed E-state index contributed by atoms with van der Waals surface area (Å²) in [5.74, 6) is 1.64. The third-order valence-corrected chi connectivity index (χ3v) is 4.88. The molecule has 1 aromatic carbocycles. The van der Waals surface area contributed by atoms with Gasteiger partial charge < -0.3 is 14.2 Å². The Morgan fingerprint density at radius 1 is 1.30 bits per heavy atom. The van der Waals surface area contributed by atoms with Crippen molar-refractivity contribution in [3.05, 3.63) is 30.1 Å². The first kappa shape index (κ1) is 14.7. The number of ether oxygens (including phenoxy) is 1. The summed E-state index contributed by atoms with van der Waals surface area (Å²) in [4.78, 5) is 19.1. The van der Waals surface area contributed by atoms with Gasteiger partial charge >= 0.3 is 0 Å². The Labute approximate surface area is 136 Å². The molecule has 0 saturated carbocycles. The van der Waals surface area contributed by atoms with E-state index in [1.165, 1.54) is 5.52 Å². The normalized spacial score (nSPS) is 22.0. The largest absolute Gasteiger partial charge is 0.368 e. The zero-order valence-electron chi connectivity index (χ0n) is 13.7. The van der Waals surface area contributed by atoms with Crippen LogP contribution in [0.4, 0.5) is 0 Å². The fourth-order valence-electron chi connectivity index (χ4n) is 3.63. The van der Waals surface area contributed by atoms with Gasteiger partial charge in [0, 0.05) is 25.6 Å². The molecule has 23 heavy (non-hydrogen) atoms. The number of para-hydroxylation sites is 2. The van der Waals surface area contributed by atoms with Gasteiger partial charge in [-0.1, -0.05) is 26.0 Å². The molecule has 2 aliphatic rings. The van der Waals surface area contributed by atoms with E-state index in [2.05, 4.69) is 36.6 Å². The van der Waals surface area contributed by atoms with Crippen LogP contribution in [-0.2, 0) is 9.53 Å². The summed E-state index contributed by atoms with van der Waals surface area (Å²) >= 11 is 0. The number of imidazole rings is 1. The number of benzene rings is 1. The standard InChI is InChI=1S/C18H23N3O2/c1-12(2)17-19-14-6-3-4-7-15(14)21(17)13-10-20(11-13)18(22)16-8-5-9-23-16/h3-4,6-7,12-13,16H,5,8-11H2,1-2H3. The Balaban J connectivity index is 1.57. The van der Waals surface area contributed by atoms with E-state index in [0.29, 0.717) is 12.0 Å². The van der Waals surface area contributed by atoms with Gasteiger partial charge in [-0.05, 0) is 25.0 Å². The zero-order chi connectivity index (χ0) is 16.0. The molecular weight excluding hydrogens is 290 g/mol. The number of amides is 1. The Morgan fingerprint density at radius 2 is 2.09 bits per heavy atom. The summed E-state index contributed by atoms with van der Waals surface area (Å²) in [6.45, 7) is 6.59. The average molecular weight is 313 g/mol. The molecule has 0 bridgehead atoms. The van der Waals surface area contributed by atoms with Crippen molar-refractivity contribution in [3.63, 3.8) is 0 Å². The number of carbonyl (C=O) groups is 1. The molecule has 5 heteroatoms. The van der Waals surface area contributed by atoms with Crippen molar-refractivity contribution in [1.82, 2.24) is 14.5 Å². The fraction of sp³-hybridized carbons (Fsp3) is 0.556. The Hall–Kier alpha value is -1.88. The third kappa shape index (κ3) is 2.43. The number of hydrogen-bond acceptors (Lipinski definition) is 3. The SMILES string of the molecule is CC(C)c1nc2ccccc2n1C1CN(C(=O)C2CCCO2)C1. The molecule has 4 rings (SSSR count). The summed E-state index contributed by atoms with van der Waals surface area (Å²) < 4.78 is 7.85. The second-order valence-electron chi connectivity index (χ2n) is 6.88. The highest BCUT2D eigenvalue weighted by atomic mass is 16.5. The molecule has 122 valence electrons. The van der Waals surface area contributed by atoms with Crippen LogP contribution in [-0.4, -0.2) is 46.2 Å². The summed E-state index contributed by atoms with van der Waals surface area (Å²) in [5, 5.41) is 0. The van der Waals surface area contributed by atoms with Crippen LogP contribution < -0.4 is 0 Å². The van der Waals surface area contributed by atoms with E-state index in [1.807, 2.05) is 11.0 Å². The van der Waals surface area contributed by atoms with Gasteiger partial charge in [-0.25, -0.2) is 4.98 Å². The van der Waals surface area contributed by atoms with Crippen molar-refractivity contribution < 1.29 is 9.53 Å². The lowest BCUT2D eigenvalue weighted by molar-refractivity contribution is -0.146. The van der Waals surface area contributed by atoms with E-state index >= 15 is 0 Å². The minimum atomic E-state index is -0.208. The number of aromatic nitrogens is 2. The van der Waals surface area contributed by atoms with Gasteiger partial charge in [-0.3, -0.25) is 4.79 Å². The molecule has 3 heterocycles. The van der Waals surface area contributed by atoms with Crippen molar-refractivity contribution in [2.75, 3.05) is 19.7 Å².